The topological polar surface area (TPSA) is 23.8 Å². The molecule has 0 N–H and O–H groups in total. The lowest BCUT2D eigenvalue weighted by molar-refractivity contribution is 1.18. The second kappa shape index (κ2) is 1.67. The molecule has 0 saturated heterocycles. The molecule has 0 radical (unpaired) electrons. The van der Waals surface area contributed by atoms with Gasteiger partial charge in [0, 0.05) is 11.8 Å². The van der Waals surface area contributed by atoms with Crippen LogP contribution in [0.1, 0.15) is 12.8 Å². The smallest absolute Gasteiger partial charge is 0.152 e. The molecule has 1 saturated carbocycles. The van der Waals surface area contributed by atoms with Crippen LogP contribution in [0.3, 0.4) is 0 Å². The van der Waals surface area contributed by atoms with Crippen LogP contribution in [-0.4, -0.2) is 0 Å². The Kier molecular flexibility index (Phi) is 1.00. The minimum atomic E-state index is 0.569. The van der Waals surface area contributed by atoms with Crippen LogP contribution < -0.4 is 0 Å². The molecule has 0 unspecified atom stereocenters. The van der Waals surface area contributed by atoms with Gasteiger partial charge in [-0.15, -0.1) is 0 Å². The van der Waals surface area contributed by atoms with E-state index in [4.69, 9.17) is 5.26 Å². The van der Waals surface area contributed by atoms with Gasteiger partial charge in [-0.2, -0.15) is 5.26 Å². The van der Waals surface area contributed by atoms with Crippen molar-refractivity contribution in [1.29, 1.82) is 5.26 Å². The Morgan fingerprint density at radius 3 is 2.57 bits per heavy atom. The minimum Gasteiger partial charge on any atom is -0.183 e. The van der Waals surface area contributed by atoms with E-state index >= 15 is 0 Å². The molecule has 1 aliphatic carbocycles. The third kappa shape index (κ3) is 1.28. The molecule has 0 amide bonds. The van der Waals surface area contributed by atoms with Gasteiger partial charge in [0.1, 0.15) is 0 Å². The maximum Gasteiger partial charge on any atom is 0.152 e. The first-order chi connectivity index (χ1) is 3.43. The third-order valence-corrected chi connectivity index (χ3v) is 0.910. The standard InChI is InChI=1S/C6H5N/c7-5-1-2-6-3-4-6/h6H,3-4H2. The molecule has 7 heavy (non-hydrogen) atoms. The molecule has 0 aliphatic heterocycles. The van der Waals surface area contributed by atoms with Crippen LogP contribution >= 0.6 is 0 Å². The Labute approximate surface area is 42.9 Å². The second-order valence-corrected chi connectivity index (χ2v) is 1.66. The Morgan fingerprint density at radius 1 is 1.43 bits per heavy atom. The zero-order valence-electron chi connectivity index (χ0n) is 3.94. The van der Waals surface area contributed by atoms with Crippen molar-refractivity contribution in [2.24, 2.45) is 5.92 Å². The van der Waals surface area contributed by atoms with E-state index < -0.39 is 0 Å². The van der Waals surface area contributed by atoms with Crippen LogP contribution in [0.2, 0.25) is 0 Å². The van der Waals surface area contributed by atoms with Gasteiger partial charge >= 0.3 is 0 Å². The molecule has 34 valence electrons. The van der Waals surface area contributed by atoms with Crippen molar-refractivity contribution >= 4 is 0 Å². The van der Waals surface area contributed by atoms with E-state index in [1.165, 1.54) is 12.8 Å². The first-order valence-corrected chi connectivity index (χ1v) is 2.33. The summed E-state index contributed by atoms with van der Waals surface area (Å²) in [5.41, 5.74) is 0. The summed E-state index contributed by atoms with van der Waals surface area (Å²) >= 11 is 0. The van der Waals surface area contributed by atoms with Gasteiger partial charge in [0.05, 0.1) is 0 Å². The highest BCUT2D eigenvalue weighted by molar-refractivity contribution is 5.20. The number of rotatable bonds is 0. The summed E-state index contributed by atoms with van der Waals surface area (Å²) < 4.78 is 0. The van der Waals surface area contributed by atoms with Gasteiger partial charge in [0.25, 0.3) is 0 Å². The molecular formula is C6H5N. The minimum absolute atomic E-state index is 0.569. The summed E-state index contributed by atoms with van der Waals surface area (Å²) in [5, 5.41) is 7.92. The number of hydrogen-bond acceptors (Lipinski definition) is 1. The third-order valence-electron chi connectivity index (χ3n) is 0.910. The van der Waals surface area contributed by atoms with Gasteiger partial charge in [-0.25, -0.2) is 0 Å². The van der Waals surface area contributed by atoms with Crippen LogP contribution in [0.15, 0.2) is 0 Å². The predicted octanol–water partition coefficient (Wildman–Crippen LogP) is 0.923. The van der Waals surface area contributed by atoms with E-state index in [0.717, 1.165) is 0 Å². The largest absolute Gasteiger partial charge is 0.183 e. The number of hydrogen-bond donors (Lipinski definition) is 0. The highest BCUT2D eigenvalue weighted by Gasteiger charge is 2.17. The van der Waals surface area contributed by atoms with Crippen molar-refractivity contribution in [3.8, 4) is 17.9 Å². The normalized spacial score (nSPS) is 16.4. The molecule has 0 atom stereocenters. The summed E-state index contributed by atoms with van der Waals surface area (Å²) in [6, 6.07) is 1.78. The predicted molar refractivity (Wildman–Crippen MR) is 26.1 cm³/mol. The van der Waals surface area contributed by atoms with E-state index in [0.29, 0.717) is 5.92 Å². The van der Waals surface area contributed by atoms with Crippen molar-refractivity contribution in [2.45, 2.75) is 12.8 Å². The lowest BCUT2D eigenvalue weighted by Crippen LogP contribution is -1.58. The van der Waals surface area contributed by atoms with Crippen LogP contribution in [0.25, 0.3) is 0 Å². The Morgan fingerprint density at radius 2 is 2.14 bits per heavy atom. The van der Waals surface area contributed by atoms with Crippen LogP contribution in [0.5, 0.6) is 0 Å². The molecule has 1 nitrogen and oxygen atoms in total. The summed E-state index contributed by atoms with van der Waals surface area (Å²) in [6.07, 6.45) is 2.41. The molecular weight excluding hydrogens is 86.1 g/mol. The van der Waals surface area contributed by atoms with Gasteiger partial charge in [-0.1, -0.05) is 5.92 Å². The molecule has 1 aliphatic rings. The fourth-order valence-corrected chi connectivity index (χ4v) is 0.362. The van der Waals surface area contributed by atoms with Crippen molar-refractivity contribution in [3.05, 3.63) is 0 Å². The molecule has 0 spiro atoms. The van der Waals surface area contributed by atoms with Gasteiger partial charge < -0.3 is 0 Å². The van der Waals surface area contributed by atoms with Crippen LogP contribution in [-0.2, 0) is 0 Å². The zero-order chi connectivity index (χ0) is 5.11. The summed E-state index contributed by atoms with van der Waals surface area (Å²) in [4.78, 5) is 0. The lowest BCUT2D eigenvalue weighted by Gasteiger charge is -1.61. The Bertz CT molecular complexity index is 149. The number of nitriles is 1. The Hall–Kier alpha value is -0.950. The maximum atomic E-state index is 7.92. The van der Waals surface area contributed by atoms with Gasteiger partial charge in [-0.3, -0.25) is 0 Å². The fourth-order valence-electron chi connectivity index (χ4n) is 0.362. The van der Waals surface area contributed by atoms with Gasteiger partial charge in [-0.05, 0) is 12.8 Å². The summed E-state index contributed by atoms with van der Waals surface area (Å²) in [6.45, 7) is 0. The highest BCUT2D eigenvalue weighted by Crippen LogP contribution is 2.27. The number of nitrogens with zero attached hydrogens (tertiary/aromatic N) is 1. The van der Waals surface area contributed by atoms with E-state index in [9.17, 15) is 0 Å². The van der Waals surface area contributed by atoms with E-state index in [1.807, 2.05) is 0 Å². The van der Waals surface area contributed by atoms with Crippen molar-refractivity contribution in [2.75, 3.05) is 0 Å². The molecule has 0 bridgehead atoms. The van der Waals surface area contributed by atoms with Gasteiger partial charge in [0.2, 0.25) is 0 Å². The van der Waals surface area contributed by atoms with E-state index in [2.05, 4.69) is 11.8 Å². The Balaban J connectivity index is 2.33. The lowest BCUT2D eigenvalue weighted by atomic mass is 10.4. The van der Waals surface area contributed by atoms with E-state index in [-0.39, 0.29) is 0 Å². The first-order valence-electron chi connectivity index (χ1n) is 2.33. The maximum absolute atomic E-state index is 7.92. The SMILES string of the molecule is N#CC#CC1CC1. The molecule has 1 heteroatoms. The second-order valence-electron chi connectivity index (χ2n) is 1.66. The molecule has 0 aromatic heterocycles. The van der Waals surface area contributed by atoms with Crippen molar-refractivity contribution in [3.63, 3.8) is 0 Å². The molecule has 0 aromatic carbocycles. The monoisotopic (exact) mass is 91.0 g/mol. The molecule has 0 heterocycles. The van der Waals surface area contributed by atoms with Gasteiger partial charge in [0.15, 0.2) is 6.07 Å². The average Bonchev–Trinajstić information content (AvgIpc) is 2.42. The first kappa shape index (κ1) is 4.22. The molecule has 1 fully saturated rings. The molecule has 1 rings (SSSR count). The zero-order valence-corrected chi connectivity index (χ0v) is 3.94. The highest BCUT2D eigenvalue weighted by atomic mass is 14.2. The van der Waals surface area contributed by atoms with Crippen LogP contribution in [0, 0.1) is 29.1 Å². The fraction of sp³-hybridized carbons (Fsp3) is 0.500. The van der Waals surface area contributed by atoms with Crippen molar-refractivity contribution in [1.82, 2.24) is 0 Å². The van der Waals surface area contributed by atoms with Crippen LogP contribution in [0.4, 0.5) is 0 Å². The summed E-state index contributed by atoms with van der Waals surface area (Å²) in [7, 11) is 0. The average molecular weight is 91.1 g/mol. The quantitative estimate of drug-likeness (QED) is 0.407. The van der Waals surface area contributed by atoms with Crippen molar-refractivity contribution < 1.29 is 0 Å². The molecule has 0 aromatic rings. The summed E-state index contributed by atoms with van der Waals surface area (Å²) in [5.74, 6) is 5.73. The van der Waals surface area contributed by atoms with E-state index in [1.54, 1.807) is 6.07 Å².